The summed E-state index contributed by atoms with van der Waals surface area (Å²) in [6, 6.07) is 20.5. The molecule has 0 spiro atoms. The number of amides is 1. The number of halogens is 1. The van der Waals surface area contributed by atoms with Crippen molar-refractivity contribution >= 4 is 11.5 Å². The van der Waals surface area contributed by atoms with Crippen molar-refractivity contribution in [2.75, 3.05) is 20.8 Å². The average Bonchev–Trinajstić information content (AvgIpc) is 3.08. The van der Waals surface area contributed by atoms with E-state index in [9.17, 15) is 14.3 Å². The summed E-state index contributed by atoms with van der Waals surface area (Å²) in [6.07, 6.45) is 0.555. The number of rotatable bonds is 7. The van der Waals surface area contributed by atoms with Crippen LogP contribution in [0.5, 0.6) is 11.5 Å². The summed E-state index contributed by atoms with van der Waals surface area (Å²) in [5.74, 6) is 0.120. The van der Waals surface area contributed by atoms with Crippen LogP contribution in [-0.2, 0) is 11.2 Å². The summed E-state index contributed by atoms with van der Waals surface area (Å²) in [6.45, 7) is 0.378. The number of hydrogen-bond donors (Lipinski definition) is 1. The SMILES string of the molecule is COc1ccc(CCN2C(=O)C(O)=C(c3ccc(F)cc3)[C@@H]2c2ccccc2)cc1OC. The Bertz CT molecular complexity index is 1140. The molecule has 0 unspecified atom stereocenters. The predicted octanol–water partition coefficient (Wildman–Crippen LogP) is 4.94. The van der Waals surface area contributed by atoms with Gasteiger partial charge in [0.05, 0.1) is 20.3 Å². The van der Waals surface area contributed by atoms with Crippen LogP contribution in [0.15, 0.2) is 78.6 Å². The van der Waals surface area contributed by atoms with Crippen molar-refractivity contribution in [1.82, 2.24) is 4.90 Å². The molecule has 1 heterocycles. The van der Waals surface area contributed by atoms with Crippen LogP contribution in [0.2, 0.25) is 0 Å². The Morgan fingerprint density at radius 2 is 1.62 bits per heavy atom. The topological polar surface area (TPSA) is 59.0 Å². The van der Waals surface area contributed by atoms with E-state index in [1.807, 2.05) is 48.5 Å². The average molecular weight is 433 g/mol. The largest absolute Gasteiger partial charge is 0.503 e. The van der Waals surface area contributed by atoms with Gasteiger partial charge in [0.25, 0.3) is 5.91 Å². The van der Waals surface area contributed by atoms with Crippen LogP contribution in [0.3, 0.4) is 0 Å². The van der Waals surface area contributed by atoms with Gasteiger partial charge in [-0.05, 0) is 47.4 Å². The van der Waals surface area contributed by atoms with Crippen molar-refractivity contribution in [3.8, 4) is 11.5 Å². The highest BCUT2D eigenvalue weighted by atomic mass is 19.1. The van der Waals surface area contributed by atoms with Crippen LogP contribution in [0.25, 0.3) is 5.57 Å². The highest BCUT2D eigenvalue weighted by Gasteiger charge is 2.40. The molecule has 32 heavy (non-hydrogen) atoms. The zero-order valence-corrected chi connectivity index (χ0v) is 17.9. The second kappa shape index (κ2) is 9.14. The van der Waals surface area contributed by atoms with E-state index in [-0.39, 0.29) is 11.6 Å². The van der Waals surface area contributed by atoms with Crippen molar-refractivity contribution in [3.63, 3.8) is 0 Å². The lowest BCUT2D eigenvalue weighted by molar-refractivity contribution is -0.129. The molecular weight excluding hydrogens is 409 g/mol. The molecule has 3 aromatic carbocycles. The Labute approximate surface area is 186 Å². The fraction of sp³-hybridized carbons (Fsp3) is 0.192. The van der Waals surface area contributed by atoms with Crippen LogP contribution in [-0.4, -0.2) is 36.7 Å². The smallest absolute Gasteiger partial charge is 0.289 e. The van der Waals surface area contributed by atoms with Gasteiger partial charge >= 0.3 is 0 Å². The van der Waals surface area contributed by atoms with Crippen LogP contribution in [0.4, 0.5) is 4.39 Å². The minimum atomic E-state index is -0.477. The third-order valence-electron chi connectivity index (χ3n) is 5.66. The number of carbonyl (C=O) groups is 1. The molecule has 1 aliphatic heterocycles. The second-order valence-electron chi connectivity index (χ2n) is 7.52. The number of methoxy groups -OCH3 is 2. The van der Waals surface area contributed by atoms with E-state index in [2.05, 4.69) is 0 Å². The number of ether oxygens (including phenoxy) is 2. The highest BCUT2D eigenvalue weighted by molar-refractivity contribution is 6.05. The maximum absolute atomic E-state index is 13.5. The Hall–Kier alpha value is -3.80. The van der Waals surface area contributed by atoms with Crippen molar-refractivity contribution in [2.45, 2.75) is 12.5 Å². The molecule has 164 valence electrons. The van der Waals surface area contributed by atoms with Crippen LogP contribution in [0.1, 0.15) is 22.7 Å². The maximum Gasteiger partial charge on any atom is 0.289 e. The first-order valence-corrected chi connectivity index (χ1v) is 10.3. The first-order chi connectivity index (χ1) is 15.5. The molecule has 0 aliphatic carbocycles. The molecule has 0 bridgehead atoms. The monoisotopic (exact) mass is 433 g/mol. The van der Waals surface area contributed by atoms with E-state index in [1.165, 1.54) is 12.1 Å². The van der Waals surface area contributed by atoms with Crippen molar-refractivity contribution in [3.05, 3.63) is 101 Å². The molecule has 4 rings (SSSR count). The summed E-state index contributed by atoms with van der Waals surface area (Å²) in [5, 5.41) is 10.8. The van der Waals surface area contributed by atoms with Crippen LogP contribution in [0, 0.1) is 5.82 Å². The molecule has 0 fully saturated rings. The van der Waals surface area contributed by atoms with E-state index in [0.29, 0.717) is 35.6 Å². The third kappa shape index (κ3) is 4.04. The van der Waals surface area contributed by atoms with E-state index in [0.717, 1.165) is 11.1 Å². The van der Waals surface area contributed by atoms with Gasteiger partial charge in [-0.1, -0.05) is 48.5 Å². The molecule has 6 heteroatoms. The van der Waals surface area contributed by atoms with E-state index < -0.39 is 11.9 Å². The van der Waals surface area contributed by atoms with Gasteiger partial charge in [0, 0.05) is 12.1 Å². The molecule has 0 saturated carbocycles. The fourth-order valence-electron chi connectivity index (χ4n) is 4.08. The lowest BCUT2D eigenvalue weighted by Gasteiger charge is -2.27. The first-order valence-electron chi connectivity index (χ1n) is 10.3. The first kappa shape index (κ1) is 21.4. The zero-order valence-electron chi connectivity index (χ0n) is 17.9. The standard InChI is InChI=1S/C26H24FNO4/c1-31-21-13-8-17(16-22(21)32-2)14-15-28-24(19-6-4-3-5-7-19)23(25(29)26(28)30)18-9-11-20(27)12-10-18/h3-13,16,24,29H,14-15H2,1-2H3/t24-/m0/s1. The Morgan fingerprint density at radius 3 is 2.28 bits per heavy atom. The second-order valence-corrected chi connectivity index (χ2v) is 7.52. The van der Waals surface area contributed by atoms with Gasteiger partial charge in [-0.25, -0.2) is 4.39 Å². The molecule has 1 aliphatic rings. The molecule has 1 N–H and O–H groups in total. The normalized spacial score (nSPS) is 15.9. The highest BCUT2D eigenvalue weighted by Crippen LogP contribution is 2.43. The van der Waals surface area contributed by atoms with Gasteiger partial charge in [-0.3, -0.25) is 4.79 Å². The Morgan fingerprint density at radius 1 is 0.938 bits per heavy atom. The van der Waals surface area contributed by atoms with E-state index in [4.69, 9.17) is 9.47 Å². The van der Waals surface area contributed by atoms with Gasteiger partial charge in [0.2, 0.25) is 0 Å². The van der Waals surface area contributed by atoms with Crippen molar-refractivity contribution in [2.24, 2.45) is 0 Å². The lowest BCUT2D eigenvalue weighted by Crippen LogP contribution is -2.32. The molecule has 0 aromatic heterocycles. The minimum Gasteiger partial charge on any atom is -0.503 e. The molecule has 3 aromatic rings. The van der Waals surface area contributed by atoms with Crippen molar-refractivity contribution < 1.29 is 23.8 Å². The number of aliphatic hydroxyl groups is 1. The van der Waals surface area contributed by atoms with Gasteiger partial charge in [0.1, 0.15) is 5.82 Å². The summed E-state index contributed by atoms with van der Waals surface area (Å²) in [7, 11) is 3.16. The third-order valence-corrected chi connectivity index (χ3v) is 5.66. The number of benzene rings is 3. The quantitative estimate of drug-likeness (QED) is 0.574. The van der Waals surface area contributed by atoms with Crippen LogP contribution >= 0.6 is 0 Å². The number of aliphatic hydroxyl groups excluding tert-OH is 1. The lowest BCUT2D eigenvalue weighted by atomic mass is 9.93. The fourth-order valence-corrected chi connectivity index (χ4v) is 4.08. The summed E-state index contributed by atoms with van der Waals surface area (Å²) in [5.41, 5.74) is 2.93. The van der Waals surface area contributed by atoms with Gasteiger partial charge in [-0.2, -0.15) is 0 Å². The summed E-state index contributed by atoms with van der Waals surface area (Å²) in [4.78, 5) is 14.7. The van der Waals surface area contributed by atoms with Gasteiger partial charge in [0.15, 0.2) is 17.3 Å². The van der Waals surface area contributed by atoms with E-state index >= 15 is 0 Å². The maximum atomic E-state index is 13.5. The number of hydrogen-bond acceptors (Lipinski definition) is 4. The number of nitrogens with zero attached hydrogens (tertiary/aromatic N) is 1. The molecule has 1 atom stereocenters. The molecule has 0 radical (unpaired) electrons. The molecule has 0 saturated heterocycles. The van der Waals surface area contributed by atoms with Gasteiger partial charge in [-0.15, -0.1) is 0 Å². The molecular formula is C26H24FNO4. The van der Waals surface area contributed by atoms with E-state index in [1.54, 1.807) is 31.3 Å². The molecule has 5 nitrogen and oxygen atoms in total. The van der Waals surface area contributed by atoms with Crippen molar-refractivity contribution in [1.29, 1.82) is 0 Å². The molecule has 1 amide bonds. The van der Waals surface area contributed by atoms with Crippen LogP contribution < -0.4 is 9.47 Å². The Balaban J connectivity index is 1.67. The minimum absolute atomic E-state index is 0.308. The Kier molecular flexibility index (Phi) is 6.12. The summed E-state index contributed by atoms with van der Waals surface area (Å²) >= 11 is 0. The zero-order chi connectivity index (χ0) is 22.7. The predicted molar refractivity (Wildman–Crippen MR) is 120 cm³/mol. The summed E-state index contributed by atoms with van der Waals surface area (Å²) < 4.78 is 24.2. The number of carbonyl (C=O) groups excluding carboxylic acids is 1. The van der Waals surface area contributed by atoms with Gasteiger partial charge < -0.3 is 19.5 Å².